The molecule has 0 radical (unpaired) electrons. The summed E-state index contributed by atoms with van der Waals surface area (Å²) in [5, 5.41) is 4.04. The van der Waals surface area contributed by atoms with Gasteiger partial charge in [0, 0.05) is 26.2 Å². The van der Waals surface area contributed by atoms with Gasteiger partial charge < -0.3 is 9.80 Å². The van der Waals surface area contributed by atoms with Crippen molar-refractivity contribution in [2.75, 3.05) is 41.4 Å². The van der Waals surface area contributed by atoms with Gasteiger partial charge in [0.2, 0.25) is 17.8 Å². The van der Waals surface area contributed by atoms with E-state index in [1.165, 1.54) is 12.3 Å². The highest BCUT2D eigenvalue weighted by atomic mass is 19.4. The summed E-state index contributed by atoms with van der Waals surface area (Å²) in [7, 11) is 0. The second-order valence-corrected chi connectivity index (χ2v) is 7.14. The van der Waals surface area contributed by atoms with Gasteiger partial charge in [-0.25, -0.2) is 5.43 Å². The van der Waals surface area contributed by atoms with E-state index in [1.54, 1.807) is 6.07 Å². The number of aromatic nitrogens is 3. The summed E-state index contributed by atoms with van der Waals surface area (Å²) in [6.07, 6.45) is 1.33. The Morgan fingerprint density at radius 3 is 2.03 bits per heavy atom. The predicted octanol–water partition coefficient (Wildman–Crippen LogP) is 3.54. The van der Waals surface area contributed by atoms with Gasteiger partial charge in [-0.3, -0.25) is 0 Å². The van der Waals surface area contributed by atoms with Crippen LogP contribution in [-0.4, -0.2) is 47.3 Å². The van der Waals surface area contributed by atoms with Crippen molar-refractivity contribution in [1.82, 2.24) is 15.0 Å². The molecule has 0 atom stereocenters. The molecule has 7 nitrogen and oxygen atoms in total. The molecule has 2 aliphatic rings. The van der Waals surface area contributed by atoms with Crippen molar-refractivity contribution in [2.45, 2.75) is 31.9 Å². The smallest absolute Gasteiger partial charge is 0.341 e. The first kappa shape index (κ1) is 19.4. The van der Waals surface area contributed by atoms with E-state index in [0.29, 0.717) is 17.5 Å². The molecule has 29 heavy (non-hydrogen) atoms. The van der Waals surface area contributed by atoms with Gasteiger partial charge in [-0.05, 0) is 43.4 Å². The van der Waals surface area contributed by atoms with Crippen LogP contribution in [0.25, 0.3) is 0 Å². The van der Waals surface area contributed by atoms with E-state index in [1.807, 2.05) is 0 Å². The lowest BCUT2D eigenvalue weighted by molar-refractivity contribution is -0.137. The summed E-state index contributed by atoms with van der Waals surface area (Å²) in [5.41, 5.74) is 2.37. The molecule has 1 N–H and O–H groups in total. The quantitative estimate of drug-likeness (QED) is 0.606. The van der Waals surface area contributed by atoms with Gasteiger partial charge in [-0.1, -0.05) is 12.1 Å². The van der Waals surface area contributed by atoms with Gasteiger partial charge in [-0.2, -0.15) is 33.2 Å². The minimum absolute atomic E-state index is 0.284. The fraction of sp³-hybridized carbons (Fsp3) is 0.474. The lowest BCUT2D eigenvalue weighted by Crippen LogP contribution is -2.25. The summed E-state index contributed by atoms with van der Waals surface area (Å²) >= 11 is 0. The second-order valence-electron chi connectivity index (χ2n) is 7.14. The Morgan fingerprint density at radius 1 is 0.897 bits per heavy atom. The molecule has 154 valence electrons. The van der Waals surface area contributed by atoms with Crippen LogP contribution in [0.15, 0.2) is 29.4 Å². The van der Waals surface area contributed by atoms with Crippen LogP contribution in [0.3, 0.4) is 0 Å². The summed E-state index contributed by atoms with van der Waals surface area (Å²) in [5.74, 6) is 1.50. The first-order valence-electron chi connectivity index (χ1n) is 9.71. The van der Waals surface area contributed by atoms with E-state index in [2.05, 4.69) is 35.3 Å². The molecular weight excluding hydrogens is 383 g/mol. The van der Waals surface area contributed by atoms with Crippen LogP contribution < -0.4 is 15.2 Å². The normalized spacial score (nSPS) is 17.5. The number of anilines is 3. The number of alkyl halides is 3. The van der Waals surface area contributed by atoms with Crippen molar-refractivity contribution in [3.8, 4) is 0 Å². The zero-order valence-corrected chi connectivity index (χ0v) is 15.9. The van der Waals surface area contributed by atoms with E-state index in [9.17, 15) is 13.2 Å². The van der Waals surface area contributed by atoms with Crippen molar-refractivity contribution >= 4 is 24.1 Å². The minimum atomic E-state index is -4.39. The Labute approximate surface area is 166 Å². The highest BCUT2D eigenvalue weighted by Gasteiger charge is 2.30. The van der Waals surface area contributed by atoms with Gasteiger partial charge in [0.1, 0.15) is 0 Å². The number of nitrogens with zero attached hydrogens (tertiary/aromatic N) is 6. The topological polar surface area (TPSA) is 69.5 Å². The zero-order valence-electron chi connectivity index (χ0n) is 15.9. The lowest BCUT2D eigenvalue weighted by atomic mass is 10.1. The van der Waals surface area contributed by atoms with Crippen molar-refractivity contribution in [2.24, 2.45) is 5.10 Å². The van der Waals surface area contributed by atoms with Gasteiger partial charge >= 0.3 is 6.18 Å². The lowest BCUT2D eigenvalue weighted by Gasteiger charge is -2.20. The average molecular weight is 405 g/mol. The van der Waals surface area contributed by atoms with Gasteiger partial charge in [-0.15, -0.1) is 0 Å². The predicted molar refractivity (Wildman–Crippen MR) is 105 cm³/mol. The van der Waals surface area contributed by atoms with Crippen LogP contribution in [-0.2, 0) is 6.18 Å². The molecule has 10 heteroatoms. The summed E-state index contributed by atoms with van der Waals surface area (Å²) in [4.78, 5) is 17.7. The minimum Gasteiger partial charge on any atom is -0.341 e. The fourth-order valence-electron chi connectivity index (χ4n) is 3.48. The highest BCUT2D eigenvalue weighted by Crippen LogP contribution is 2.29. The Balaban J connectivity index is 1.53. The molecule has 4 rings (SSSR count). The summed E-state index contributed by atoms with van der Waals surface area (Å²) in [6.45, 7) is 3.60. The monoisotopic (exact) mass is 405 g/mol. The van der Waals surface area contributed by atoms with E-state index in [4.69, 9.17) is 0 Å². The molecule has 1 aromatic heterocycles. The maximum absolute atomic E-state index is 12.8. The van der Waals surface area contributed by atoms with Crippen LogP contribution in [0.4, 0.5) is 31.0 Å². The van der Waals surface area contributed by atoms with Crippen molar-refractivity contribution in [3.63, 3.8) is 0 Å². The number of rotatable bonds is 5. The largest absolute Gasteiger partial charge is 0.416 e. The third-order valence-electron chi connectivity index (χ3n) is 4.98. The maximum atomic E-state index is 12.8. The molecule has 3 heterocycles. The molecule has 2 aliphatic heterocycles. The van der Waals surface area contributed by atoms with Gasteiger partial charge in [0.15, 0.2) is 0 Å². The van der Waals surface area contributed by atoms with Crippen LogP contribution in [0.5, 0.6) is 0 Å². The SMILES string of the molecule is FC(F)(F)c1cccc(/C=N\Nc2nc(N3CCCC3)nc(N3CCCC3)n2)c1. The first-order chi connectivity index (χ1) is 14.0. The molecule has 2 fully saturated rings. The Kier molecular flexibility index (Phi) is 5.50. The molecule has 0 bridgehead atoms. The first-order valence-corrected chi connectivity index (χ1v) is 9.71. The molecular formula is C19H22F3N7. The second kappa shape index (κ2) is 8.22. The molecule has 2 aromatic rings. The van der Waals surface area contributed by atoms with Gasteiger partial charge in [0.05, 0.1) is 11.8 Å². The number of nitrogens with one attached hydrogen (secondary N) is 1. The third-order valence-corrected chi connectivity index (χ3v) is 4.98. The molecule has 1 aromatic carbocycles. The van der Waals surface area contributed by atoms with E-state index in [-0.39, 0.29) is 5.95 Å². The average Bonchev–Trinajstić information content (AvgIpc) is 3.41. The van der Waals surface area contributed by atoms with Crippen molar-refractivity contribution in [3.05, 3.63) is 35.4 Å². The highest BCUT2D eigenvalue weighted by molar-refractivity contribution is 5.80. The molecule has 0 spiro atoms. The standard InChI is InChI=1S/C19H22F3N7/c20-19(21,22)15-7-5-6-14(12-15)13-23-27-16-24-17(28-8-1-2-9-28)26-18(25-16)29-10-3-4-11-29/h5-7,12-13H,1-4,8-11H2,(H,24,25,26,27)/b23-13-. The molecule has 0 unspecified atom stereocenters. The number of halogens is 3. The van der Waals surface area contributed by atoms with Crippen LogP contribution in [0.1, 0.15) is 36.8 Å². The van der Waals surface area contributed by atoms with Gasteiger partial charge in [0.25, 0.3) is 0 Å². The number of hydrazone groups is 1. The number of hydrogen-bond donors (Lipinski definition) is 1. The van der Waals surface area contributed by atoms with E-state index >= 15 is 0 Å². The Bertz CT molecular complexity index is 838. The van der Waals surface area contributed by atoms with Crippen LogP contribution in [0.2, 0.25) is 0 Å². The van der Waals surface area contributed by atoms with E-state index < -0.39 is 11.7 Å². The molecule has 0 aliphatic carbocycles. The molecule has 0 saturated carbocycles. The summed E-state index contributed by atoms with van der Waals surface area (Å²) in [6, 6.07) is 4.98. The Hall–Kier alpha value is -2.91. The molecule has 0 amide bonds. The van der Waals surface area contributed by atoms with Crippen molar-refractivity contribution < 1.29 is 13.2 Å². The fourth-order valence-corrected chi connectivity index (χ4v) is 3.48. The van der Waals surface area contributed by atoms with Crippen molar-refractivity contribution in [1.29, 1.82) is 0 Å². The number of benzene rings is 1. The maximum Gasteiger partial charge on any atom is 0.416 e. The third kappa shape index (κ3) is 4.75. The van der Waals surface area contributed by atoms with Crippen LogP contribution >= 0.6 is 0 Å². The number of hydrogen-bond acceptors (Lipinski definition) is 7. The molecule has 2 saturated heterocycles. The summed E-state index contributed by atoms with van der Waals surface area (Å²) < 4.78 is 38.5. The zero-order chi connectivity index (χ0) is 20.3. The van der Waals surface area contributed by atoms with Crippen LogP contribution in [0, 0.1) is 0 Å². The van der Waals surface area contributed by atoms with E-state index in [0.717, 1.165) is 64.0 Å². The Morgan fingerprint density at radius 2 is 1.48 bits per heavy atom.